The van der Waals surface area contributed by atoms with Crippen molar-refractivity contribution in [1.29, 1.82) is 5.26 Å². The predicted molar refractivity (Wildman–Crippen MR) is 70.3 cm³/mol. The SMILES string of the molecule is N#CC1CCC(NC(=O)c2ccccc2Cl)CC1. The second-order valence-electron chi connectivity index (χ2n) is 4.63. The summed E-state index contributed by atoms with van der Waals surface area (Å²) in [5.41, 5.74) is 0.515. The van der Waals surface area contributed by atoms with Gasteiger partial charge in [0.1, 0.15) is 0 Å². The van der Waals surface area contributed by atoms with E-state index in [1.807, 2.05) is 0 Å². The number of carbonyl (C=O) groups excluding carboxylic acids is 1. The van der Waals surface area contributed by atoms with Crippen LogP contribution in [-0.4, -0.2) is 11.9 Å². The van der Waals surface area contributed by atoms with E-state index in [0.29, 0.717) is 10.6 Å². The van der Waals surface area contributed by atoms with Gasteiger partial charge in [-0.05, 0) is 37.8 Å². The van der Waals surface area contributed by atoms with E-state index in [2.05, 4.69) is 11.4 Å². The molecule has 0 spiro atoms. The molecule has 1 aromatic rings. The van der Waals surface area contributed by atoms with E-state index in [4.69, 9.17) is 16.9 Å². The molecule has 0 saturated heterocycles. The molecule has 94 valence electrons. The van der Waals surface area contributed by atoms with E-state index < -0.39 is 0 Å². The van der Waals surface area contributed by atoms with Crippen LogP contribution in [0.5, 0.6) is 0 Å². The molecule has 1 saturated carbocycles. The Balaban J connectivity index is 1.93. The molecular weight excluding hydrogens is 248 g/mol. The van der Waals surface area contributed by atoms with Crippen LogP contribution in [0.1, 0.15) is 36.0 Å². The summed E-state index contributed by atoms with van der Waals surface area (Å²) >= 11 is 5.98. The van der Waals surface area contributed by atoms with Crippen molar-refractivity contribution in [3.8, 4) is 6.07 Å². The quantitative estimate of drug-likeness (QED) is 0.890. The minimum atomic E-state index is -0.124. The standard InChI is InChI=1S/C14H15ClN2O/c15-13-4-2-1-3-12(13)14(18)17-11-7-5-10(9-16)6-8-11/h1-4,10-11H,5-8H2,(H,17,18). The average Bonchev–Trinajstić information content (AvgIpc) is 2.40. The third kappa shape index (κ3) is 3.02. The van der Waals surface area contributed by atoms with Gasteiger partial charge in [0.15, 0.2) is 0 Å². The van der Waals surface area contributed by atoms with Crippen molar-refractivity contribution in [3.05, 3.63) is 34.9 Å². The lowest BCUT2D eigenvalue weighted by atomic mass is 9.87. The summed E-state index contributed by atoms with van der Waals surface area (Å²) in [6.45, 7) is 0. The molecule has 4 heteroatoms. The first kappa shape index (κ1) is 12.9. The Morgan fingerprint density at radius 1 is 1.28 bits per heavy atom. The Labute approximate surface area is 112 Å². The fraction of sp³-hybridized carbons (Fsp3) is 0.429. The van der Waals surface area contributed by atoms with Gasteiger partial charge in [0.05, 0.1) is 16.7 Å². The van der Waals surface area contributed by atoms with E-state index in [-0.39, 0.29) is 17.9 Å². The maximum Gasteiger partial charge on any atom is 0.253 e. The van der Waals surface area contributed by atoms with E-state index in [1.54, 1.807) is 24.3 Å². The Hall–Kier alpha value is -1.53. The molecule has 18 heavy (non-hydrogen) atoms. The minimum Gasteiger partial charge on any atom is -0.349 e. The fourth-order valence-electron chi connectivity index (χ4n) is 2.28. The maximum absolute atomic E-state index is 12.0. The summed E-state index contributed by atoms with van der Waals surface area (Å²) < 4.78 is 0. The largest absolute Gasteiger partial charge is 0.349 e. The Morgan fingerprint density at radius 3 is 2.56 bits per heavy atom. The molecule has 2 rings (SSSR count). The molecule has 0 aromatic heterocycles. The van der Waals surface area contributed by atoms with Gasteiger partial charge in [-0.3, -0.25) is 4.79 Å². The van der Waals surface area contributed by atoms with Gasteiger partial charge in [0.25, 0.3) is 5.91 Å². The highest BCUT2D eigenvalue weighted by Gasteiger charge is 2.22. The first-order valence-corrected chi connectivity index (χ1v) is 6.53. The number of amides is 1. The van der Waals surface area contributed by atoms with Gasteiger partial charge < -0.3 is 5.32 Å². The third-order valence-electron chi connectivity index (χ3n) is 3.36. The molecule has 1 fully saturated rings. The second kappa shape index (κ2) is 5.88. The van der Waals surface area contributed by atoms with Crippen molar-refractivity contribution in [1.82, 2.24) is 5.32 Å². The number of nitriles is 1. The van der Waals surface area contributed by atoms with Gasteiger partial charge in [-0.15, -0.1) is 0 Å². The number of carbonyl (C=O) groups is 1. The van der Waals surface area contributed by atoms with E-state index in [0.717, 1.165) is 25.7 Å². The number of hydrogen-bond donors (Lipinski definition) is 1. The van der Waals surface area contributed by atoms with Crippen molar-refractivity contribution in [2.45, 2.75) is 31.7 Å². The first-order chi connectivity index (χ1) is 8.70. The van der Waals surface area contributed by atoms with Gasteiger partial charge in [-0.25, -0.2) is 0 Å². The molecule has 1 aromatic carbocycles. The number of hydrogen-bond acceptors (Lipinski definition) is 2. The van der Waals surface area contributed by atoms with Crippen LogP contribution >= 0.6 is 11.6 Å². The van der Waals surface area contributed by atoms with E-state index in [1.165, 1.54) is 0 Å². The number of benzene rings is 1. The Kier molecular flexibility index (Phi) is 4.22. The monoisotopic (exact) mass is 262 g/mol. The predicted octanol–water partition coefficient (Wildman–Crippen LogP) is 3.15. The number of nitrogens with one attached hydrogen (secondary N) is 1. The number of halogens is 1. The van der Waals surface area contributed by atoms with Crippen molar-refractivity contribution in [2.75, 3.05) is 0 Å². The Bertz CT molecular complexity index is 473. The van der Waals surface area contributed by atoms with Crippen LogP contribution in [0.15, 0.2) is 24.3 Å². The van der Waals surface area contributed by atoms with Crippen molar-refractivity contribution < 1.29 is 4.79 Å². The van der Waals surface area contributed by atoms with Crippen LogP contribution in [0.25, 0.3) is 0 Å². The lowest BCUT2D eigenvalue weighted by Gasteiger charge is -2.25. The molecule has 0 radical (unpaired) electrons. The Morgan fingerprint density at radius 2 is 1.94 bits per heavy atom. The molecule has 0 bridgehead atoms. The maximum atomic E-state index is 12.0. The van der Waals surface area contributed by atoms with Gasteiger partial charge in [-0.2, -0.15) is 5.26 Å². The van der Waals surface area contributed by atoms with Crippen LogP contribution in [-0.2, 0) is 0 Å². The molecular formula is C14H15ClN2O. The summed E-state index contributed by atoms with van der Waals surface area (Å²) in [5.74, 6) is 0.0273. The van der Waals surface area contributed by atoms with Crippen LogP contribution in [0.3, 0.4) is 0 Å². The molecule has 1 aliphatic rings. The molecule has 0 aliphatic heterocycles. The van der Waals surface area contributed by atoms with Gasteiger partial charge in [-0.1, -0.05) is 23.7 Å². The zero-order valence-corrected chi connectivity index (χ0v) is 10.8. The van der Waals surface area contributed by atoms with Crippen molar-refractivity contribution in [2.24, 2.45) is 5.92 Å². The summed E-state index contributed by atoms with van der Waals surface area (Å²) in [6.07, 6.45) is 3.47. The van der Waals surface area contributed by atoms with Gasteiger partial charge >= 0.3 is 0 Å². The van der Waals surface area contributed by atoms with E-state index >= 15 is 0 Å². The molecule has 1 amide bonds. The zero-order chi connectivity index (χ0) is 13.0. The topological polar surface area (TPSA) is 52.9 Å². The molecule has 0 heterocycles. The van der Waals surface area contributed by atoms with Gasteiger partial charge in [0, 0.05) is 12.0 Å². The highest BCUT2D eigenvalue weighted by atomic mass is 35.5. The summed E-state index contributed by atoms with van der Waals surface area (Å²) in [6, 6.07) is 9.48. The second-order valence-corrected chi connectivity index (χ2v) is 5.04. The third-order valence-corrected chi connectivity index (χ3v) is 3.69. The molecule has 1 aliphatic carbocycles. The van der Waals surface area contributed by atoms with Gasteiger partial charge in [0.2, 0.25) is 0 Å². The normalized spacial score (nSPS) is 23.1. The molecule has 0 unspecified atom stereocenters. The molecule has 0 atom stereocenters. The highest BCUT2D eigenvalue weighted by molar-refractivity contribution is 6.33. The van der Waals surface area contributed by atoms with Crippen LogP contribution < -0.4 is 5.32 Å². The number of rotatable bonds is 2. The van der Waals surface area contributed by atoms with E-state index in [9.17, 15) is 4.79 Å². The van der Waals surface area contributed by atoms with Crippen molar-refractivity contribution >= 4 is 17.5 Å². The van der Waals surface area contributed by atoms with Crippen LogP contribution in [0.4, 0.5) is 0 Å². The summed E-state index contributed by atoms with van der Waals surface area (Å²) in [5, 5.41) is 12.3. The summed E-state index contributed by atoms with van der Waals surface area (Å²) in [7, 11) is 0. The lowest BCUT2D eigenvalue weighted by Crippen LogP contribution is -2.37. The highest BCUT2D eigenvalue weighted by Crippen LogP contribution is 2.24. The molecule has 3 nitrogen and oxygen atoms in total. The zero-order valence-electron chi connectivity index (χ0n) is 10.0. The van der Waals surface area contributed by atoms with Crippen molar-refractivity contribution in [3.63, 3.8) is 0 Å². The average molecular weight is 263 g/mol. The summed E-state index contributed by atoms with van der Waals surface area (Å²) in [4.78, 5) is 12.0. The van der Waals surface area contributed by atoms with Crippen LogP contribution in [0, 0.1) is 17.2 Å². The number of nitrogens with zero attached hydrogens (tertiary/aromatic N) is 1. The minimum absolute atomic E-state index is 0.124. The smallest absolute Gasteiger partial charge is 0.253 e. The van der Waals surface area contributed by atoms with Crippen LogP contribution in [0.2, 0.25) is 5.02 Å². The first-order valence-electron chi connectivity index (χ1n) is 6.15. The molecule has 1 N–H and O–H groups in total. The lowest BCUT2D eigenvalue weighted by molar-refractivity contribution is 0.0925. The fourth-order valence-corrected chi connectivity index (χ4v) is 2.50.